The van der Waals surface area contributed by atoms with Crippen LogP contribution in [0, 0.1) is 0 Å². The molecule has 0 bridgehead atoms. The molecule has 1 aliphatic rings. The number of para-hydroxylation sites is 1. The van der Waals surface area contributed by atoms with Crippen LogP contribution in [-0.4, -0.2) is 6.54 Å². The predicted octanol–water partition coefficient (Wildman–Crippen LogP) is 2.77. The highest BCUT2D eigenvalue weighted by Gasteiger charge is 2.18. The first-order chi connectivity index (χ1) is 8.36. The van der Waals surface area contributed by atoms with Gasteiger partial charge < -0.3 is 10.6 Å². The van der Waals surface area contributed by atoms with Crippen LogP contribution in [0.3, 0.4) is 0 Å². The number of nitrogens with two attached hydrogens (primary N) is 1. The Balaban J connectivity index is 1.79. The molecule has 2 aromatic rings. The van der Waals surface area contributed by atoms with Gasteiger partial charge in [-0.25, -0.2) is 0 Å². The van der Waals surface area contributed by atoms with E-state index in [-0.39, 0.29) is 0 Å². The topological polar surface area (TPSA) is 29.3 Å². The number of hydrogen-bond donors (Lipinski definition) is 1. The summed E-state index contributed by atoms with van der Waals surface area (Å²) in [5.74, 6) is 0. The first-order valence-electron chi connectivity index (χ1n) is 5.97. The average molecular weight is 244 g/mol. The molecule has 0 fully saturated rings. The van der Waals surface area contributed by atoms with Crippen LogP contribution in [-0.2, 0) is 19.5 Å². The first kappa shape index (κ1) is 10.8. The molecule has 0 amide bonds. The van der Waals surface area contributed by atoms with Crippen molar-refractivity contribution in [3.63, 3.8) is 0 Å². The summed E-state index contributed by atoms with van der Waals surface area (Å²) in [7, 11) is 0. The quantitative estimate of drug-likeness (QED) is 0.899. The molecular formula is C14H16N2S. The fourth-order valence-corrected chi connectivity index (χ4v) is 3.29. The van der Waals surface area contributed by atoms with E-state index in [2.05, 4.69) is 41.3 Å². The van der Waals surface area contributed by atoms with E-state index in [1.54, 1.807) is 0 Å². The number of nitrogens with zero attached hydrogens (tertiary/aromatic N) is 1. The highest BCUT2D eigenvalue weighted by molar-refractivity contribution is 7.12. The molecule has 17 heavy (non-hydrogen) atoms. The van der Waals surface area contributed by atoms with E-state index in [1.807, 2.05) is 11.3 Å². The second-order valence-corrected chi connectivity index (χ2v) is 5.63. The Morgan fingerprint density at radius 3 is 2.76 bits per heavy atom. The van der Waals surface area contributed by atoms with Gasteiger partial charge in [0.15, 0.2) is 0 Å². The van der Waals surface area contributed by atoms with Gasteiger partial charge in [-0.3, -0.25) is 0 Å². The fourth-order valence-electron chi connectivity index (χ4n) is 2.38. The third-order valence-electron chi connectivity index (χ3n) is 3.25. The molecule has 0 unspecified atom stereocenters. The number of thiophene rings is 1. The fraction of sp³-hybridized carbons (Fsp3) is 0.286. The summed E-state index contributed by atoms with van der Waals surface area (Å²) in [4.78, 5) is 5.14. The Bertz CT molecular complexity index is 518. The minimum absolute atomic E-state index is 0.654. The summed E-state index contributed by atoms with van der Waals surface area (Å²) in [6, 6.07) is 13.0. The Labute approximate surface area is 106 Å². The second kappa shape index (κ2) is 4.51. The Morgan fingerprint density at radius 2 is 1.94 bits per heavy atom. The SMILES string of the molecule is NCc1ccc(CN2CCc3ccccc32)s1. The van der Waals surface area contributed by atoms with Gasteiger partial charge in [0.05, 0.1) is 6.54 Å². The third kappa shape index (κ3) is 2.08. The molecule has 0 spiro atoms. The van der Waals surface area contributed by atoms with Gasteiger partial charge in [0.2, 0.25) is 0 Å². The van der Waals surface area contributed by atoms with Crippen LogP contribution in [0.25, 0.3) is 0 Å². The standard InChI is InChI=1S/C14H16N2S/c15-9-12-5-6-13(17-12)10-16-8-7-11-3-1-2-4-14(11)16/h1-6H,7-10,15H2. The summed E-state index contributed by atoms with van der Waals surface area (Å²) in [6.45, 7) is 2.80. The van der Waals surface area contributed by atoms with Gasteiger partial charge in [-0.05, 0) is 30.2 Å². The van der Waals surface area contributed by atoms with Crippen LogP contribution in [0.2, 0.25) is 0 Å². The Hall–Kier alpha value is -1.32. The van der Waals surface area contributed by atoms with Crippen LogP contribution in [0.5, 0.6) is 0 Å². The largest absolute Gasteiger partial charge is 0.366 e. The molecule has 0 aliphatic carbocycles. The molecule has 1 aromatic carbocycles. The highest BCUT2D eigenvalue weighted by atomic mass is 32.1. The maximum atomic E-state index is 5.64. The van der Waals surface area contributed by atoms with Gasteiger partial charge in [-0.15, -0.1) is 11.3 Å². The van der Waals surface area contributed by atoms with Crippen molar-refractivity contribution in [3.05, 3.63) is 51.7 Å². The lowest BCUT2D eigenvalue weighted by Crippen LogP contribution is -2.18. The number of rotatable bonds is 3. The number of anilines is 1. The van der Waals surface area contributed by atoms with Crippen molar-refractivity contribution in [2.75, 3.05) is 11.4 Å². The lowest BCUT2D eigenvalue weighted by atomic mass is 10.2. The molecule has 0 saturated heterocycles. The smallest absolute Gasteiger partial charge is 0.0523 e. The number of hydrogen-bond acceptors (Lipinski definition) is 3. The van der Waals surface area contributed by atoms with Crippen molar-refractivity contribution in [3.8, 4) is 0 Å². The van der Waals surface area contributed by atoms with Crippen LogP contribution in [0.4, 0.5) is 5.69 Å². The van der Waals surface area contributed by atoms with Crippen LogP contribution in [0.1, 0.15) is 15.3 Å². The maximum Gasteiger partial charge on any atom is 0.0523 e. The predicted molar refractivity (Wildman–Crippen MR) is 73.4 cm³/mol. The Morgan fingerprint density at radius 1 is 1.12 bits per heavy atom. The van der Waals surface area contributed by atoms with Crippen molar-refractivity contribution in [1.82, 2.24) is 0 Å². The van der Waals surface area contributed by atoms with E-state index in [1.165, 1.54) is 27.4 Å². The molecule has 2 N–H and O–H groups in total. The minimum Gasteiger partial charge on any atom is -0.366 e. The van der Waals surface area contributed by atoms with Gasteiger partial charge in [0.1, 0.15) is 0 Å². The van der Waals surface area contributed by atoms with Crippen molar-refractivity contribution >= 4 is 17.0 Å². The molecule has 3 rings (SSSR count). The maximum absolute atomic E-state index is 5.64. The van der Waals surface area contributed by atoms with Gasteiger partial charge in [0, 0.05) is 28.5 Å². The first-order valence-corrected chi connectivity index (χ1v) is 6.79. The summed E-state index contributed by atoms with van der Waals surface area (Å²) in [5, 5.41) is 0. The zero-order chi connectivity index (χ0) is 11.7. The molecule has 0 saturated carbocycles. The molecule has 2 heterocycles. The molecular weight excluding hydrogens is 228 g/mol. The van der Waals surface area contributed by atoms with Gasteiger partial charge in [-0.2, -0.15) is 0 Å². The van der Waals surface area contributed by atoms with Crippen LogP contribution < -0.4 is 10.6 Å². The molecule has 0 radical (unpaired) electrons. The number of benzene rings is 1. The van der Waals surface area contributed by atoms with Gasteiger partial charge in [-0.1, -0.05) is 18.2 Å². The monoisotopic (exact) mass is 244 g/mol. The Kier molecular flexibility index (Phi) is 2.87. The molecule has 0 atom stereocenters. The molecule has 1 aromatic heterocycles. The molecule has 1 aliphatic heterocycles. The zero-order valence-corrected chi connectivity index (χ0v) is 10.5. The summed E-state index contributed by atoms with van der Waals surface area (Å²) in [5.41, 5.74) is 8.52. The van der Waals surface area contributed by atoms with Crippen LogP contribution >= 0.6 is 11.3 Å². The third-order valence-corrected chi connectivity index (χ3v) is 4.34. The lowest BCUT2D eigenvalue weighted by Gasteiger charge is -2.18. The van der Waals surface area contributed by atoms with E-state index in [0.29, 0.717) is 6.54 Å². The summed E-state index contributed by atoms with van der Waals surface area (Å²) < 4.78 is 0. The van der Waals surface area contributed by atoms with Crippen molar-refractivity contribution in [2.24, 2.45) is 5.73 Å². The average Bonchev–Trinajstić information content (AvgIpc) is 2.97. The van der Waals surface area contributed by atoms with Crippen molar-refractivity contribution < 1.29 is 0 Å². The normalized spacial score (nSPS) is 14.1. The van der Waals surface area contributed by atoms with E-state index < -0.39 is 0 Å². The number of fused-ring (bicyclic) bond motifs is 1. The molecule has 2 nitrogen and oxygen atoms in total. The van der Waals surface area contributed by atoms with E-state index in [0.717, 1.165) is 13.1 Å². The summed E-state index contributed by atoms with van der Waals surface area (Å²) >= 11 is 1.83. The van der Waals surface area contributed by atoms with Crippen molar-refractivity contribution in [2.45, 2.75) is 19.5 Å². The van der Waals surface area contributed by atoms with Crippen LogP contribution in [0.15, 0.2) is 36.4 Å². The molecule has 88 valence electrons. The van der Waals surface area contributed by atoms with E-state index in [4.69, 9.17) is 5.73 Å². The van der Waals surface area contributed by atoms with Gasteiger partial charge >= 0.3 is 0 Å². The molecule has 3 heteroatoms. The summed E-state index contributed by atoms with van der Waals surface area (Å²) in [6.07, 6.45) is 1.17. The second-order valence-electron chi connectivity index (χ2n) is 4.37. The van der Waals surface area contributed by atoms with E-state index in [9.17, 15) is 0 Å². The lowest BCUT2D eigenvalue weighted by molar-refractivity contribution is 0.846. The van der Waals surface area contributed by atoms with Crippen molar-refractivity contribution in [1.29, 1.82) is 0 Å². The van der Waals surface area contributed by atoms with E-state index >= 15 is 0 Å². The zero-order valence-electron chi connectivity index (χ0n) is 9.73. The highest BCUT2D eigenvalue weighted by Crippen LogP contribution is 2.30. The minimum atomic E-state index is 0.654. The van der Waals surface area contributed by atoms with Gasteiger partial charge in [0.25, 0.3) is 0 Å².